The van der Waals surface area contributed by atoms with E-state index in [-0.39, 0.29) is 11.1 Å². The first-order chi connectivity index (χ1) is 15.3. The highest BCUT2D eigenvalue weighted by atomic mass is 16.1. The highest BCUT2D eigenvalue weighted by Crippen LogP contribution is 2.24. The minimum Gasteiger partial charge on any atom is -0.368 e. The van der Waals surface area contributed by atoms with Gasteiger partial charge in [-0.15, -0.1) is 0 Å². The second-order valence-corrected chi connectivity index (χ2v) is 8.98. The van der Waals surface area contributed by atoms with Crippen molar-refractivity contribution >= 4 is 17.0 Å². The lowest BCUT2D eigenvalue weighted by atomic mass is 9.92. The number of fused-ring (bicyclic) bond motifs is 1. The molecule has 1 aromatic carbocycles. The zero-order valence-corrected chi connectivity index (χ0v) is 18.7. The molecule has 0 unspecified atom stereocenters. The van der Waals surface area contributed by atoms with Crippen LogP contribution in [0, 0.1) is 0 Å². The maximum atomic E-state index is 12.6. The maximum Gasteiger partial charge on any atom is 0.354 e. The van der Waals surface area contributed by atoms with Crippen LogP contribution < -0.4 is 16.7 Å². The lowest BCUT2D eigenvalue weighted by Crippen LogP contribution is -2.20. The minimum atomic E-state index is -0.295. The summed E-state index contributed by atoms with van der Waals surface area (Å²) in [5, 5.41) is 4.36. The summed E-state index contributed by atoms with van der Waals surface area (Å²) in [5.74, 6) is 0.315. The average molecular weight is 432 g/mol. The zero-order chi connectivity index (χ0) is 22.7. The van der Waals surface area contributed by atoms with Crippen LogP contribution in [0.2, 0.25) is 0 Å². The fourth-order valence-corrected chi connectivity index (χ4v) is 3.54. The Hall–Kier alpha value is -3.52. The second-order valence-electron chi connectivity index (χ2n) is 8.98. The molecule has 32 heavy (non-hydrogen) atoms. The number of nitrogens with zero attached hydrogens (tertiary/aromatic N) is 4. The van der Waals surface area contributed by atoms with Gasteiger partial charge in [0.25, 0.3) is 0 Å². The molecule has 4 rings (SSSR count). The third-order valence-corrected chi connectivity index (χ3v) is 5.38. The molecular weight excluding hydrogens is 402 g/mol. The van der Waals surface area contributed by atoms with E-state index in [1.54, 1.807) is 10.8 Å². The highest BCUT2D eigenvalue weighted by molar-refractivity contribution is 5.76. The molecule has 0 aliphatic carbocycles. The van der Waals surface area contributed by atoms with Gasteiger partial charge >= 0.3 is 5.69 Å². The van der Waals surface area contributed by atoms with E-state index in [2.05, 4.69) is 52.1 Å². The summed E-state index contributed by atoms with van der Waals surface area (Å²) in [7, 11) is 0. The number of nitrogens with one attached hydrogen (secondary N) is 2. The largest absolute Gasteiger partial charge is 0.368 e. The summed E-state index contributed by atoms with van der Waals surface area (Å²) < 4.78 is 1.59. The molecular formula is C24H29N7O. The van der Waals surface area contributed by atoms with E-state index in [0.29, 0.717) is 11.6 Å². The van der Waals surface area contributed by atoms with Crippen molar-refractivity contribution in [1.82, 2.24) is 29.8 Å². The number of hydrogen-bond donors (Lipinski definition) is 3. The molecule has 0 amide bonds. The summed E-state index contributed by atoms with van der Waals surface area (Å²) in [5.41, 5.74) is 9.87. The number of nitrogen functional groups attached to an aromatic ring is 1. The molecule has 3 heterocycles. The van der Waals surface area contributed by atoms with E-state index < -0.39 is 0 Å². The molecule has 166 valence electrons. The van der Waals surface area contributed by atoms with Gasteiger partial charge < -0.3 is 16.0 Å². The third kappa shape index (κ3) is 5.03. The zero-order valence-electron chi connectivity index (χ0n) is 18.7. The monoisotopic (exact) mass is 431 g/mol. The number of aryl methyl sites for hydroxylation is 1. The molecule has 0 radical (unpaired) electrons. The van der Waals surface area contributed by atoms with Crippen LogP contribution in [-0.4, -0.2) is 31.0 Å². The molecule has 4 N–H and O–H groups in total. The van der Waals surface area contributed by atoms with Crippen molar-refractivity contribution in [2.45, 2.75) is 45.6 Å². The fraction of sp³-hybridized carbons (Fsp3) is 0.333. The van der Waals surface area contributed by atoms with Crippen LogP contribution in [0.1, 0.15) is 44.1 Å². The quantitative estimate of drug-likeness (QED) is 0.387. The number of aromatic amines is 1. The predicted molar refractivity (Wildman–Crippen MR) is 127 cm³/mol. The molecule has 0 aliphatic rings. The number of rotatable bonds is 7. The predicted octanol–water partition coefficient (Wildman–Crippen LogP) is 3.11. The number of aromatic nitrogens is 5. The number of benzene rings is 1. The molecule has 0 aliphatic heterocycles. The van der Waals surface area contributed by atoms with Gasteiger partial charge in [0.05, 0.1) is 5.69 Å². The Kier molecular flexibility index (Phi) is 6.05. The summed E-state index contributed by atoms with van der Waals surface area (Å²) in [6, 6.07) is 11.9. The molecule has 0 saturated heterocycles. The van der Waals surface area contributed by atoms with Gasteiger partial charge in [-0.25, -0.2) is 14.8 Å². The van der Waals surface area contributed by atoms with Crippen molar-refractivity contribution in [1.29, 1.82) is 0 Å². The molecule has 3 aromatic heterocycles. The molecule has 8 heteroatoms. The third-order valence-electron chi connectivity index (χ3n) is 5.38. The SMILES string of the molecule is CC(C)(C)c1cc2cn(-c3ccc(CNCCCc4ccnc(N)n4)cc3)c(=O)nc2[nH]1. The minimum absolute atomic E-state index is 0.0363. The molecule has 0 saturated carbocycles. The Morgan fingerprint density at radius 2 is 1.91 bits per heavy atom. The maximum absolute atomic E-state index is 12.6. The Morgan fingerprint density at radius 1 is 1.12 bits per heavy atom. The van der Waals surface area contributed by atoms with E-state index in [4.69, 9.17) is 5.73 Å². The molecule has 0 bridgehead atoms. The van der Waals surface area contributed by atoms with Crippen LogP contribution in [0.4, 0.5) is 5.95 Å². The second kappa shape index (κ2) is 8.92. The van der Waals surface area contributed by atoms with E-state index in [9.17, 15) is 4.79 Å². The molecule has 8 nitrogen and oxygen atoms in total. The Morgan fingerprint density at radius 3 is 2.62 bits per heavy atom. The van der Waals surface area contributed by atoms with Crippen LogP contribution in [0.5, 0.6) is 0 Å². The van der Waals surface area contributed by atoms with Crippen LogP contribution in [0.3, 0.4) is 0 Å². The van der Waals surface area contributed by atoms with Gasteiger partial charge in [-0.3, -0.25) is 4.57 Å². The average Bonchev–Trinajstić information content (AvgIpc) is 3.17. The highest BCUT2D eigenvalue weighted by Gasteiger charge is 2.17. The van der Waals surface area contributed by atoms with Crippen molar-refractivity contribution in [3.8, 4) is 5.69 Å². The standard InChI is InChI=1S/C24H29N7O/c1-24(2,3)20-13-17-15-31(23(32)30-21(17)29-20)19-8-6-16(7-9-19)14-26-11-4-5-18-10-12-27-22(25)28-18/h6-10,12-13,15,26H,4-5,11,14H2,1-3H3,(H2,25,27,28)(H,29,30,32). The van der Waals surface area contributed by atoms with Crippen molar-refractivity contribution in [2.75, 3.05) is 12.3 Å². The van der Waals surface area contributed by atoms with E-state index >= 15 is 0 Å². The summed E-state index contributed by atoms with van der Waals surface area (Å²) in [6.45, 7) is 8.01. The van der Waals surface area contributed by atoms with Gasteiger partial charge in [-0.05, 0) is 49.2 Å². The number of anilines is 1. The van der Waals surface area contributed by atoms with Gasteiger partial charge in [-0.1, -0.05) is 32.9 Å². The first kappa shape index (κ1) is 21.7. The number of nitrogens with two attached hydrogens (primary N) is 1. The molecule has 0 fully saturated rings. The van der Waals surface area contributed by atoms with Gasteiger partial charge in [-0.2, -0.15) is 4.98 Å². The number of H-pyrrole nitrogens is 1. The van der Waals surface area contributed by atoms with Crippen molar-refractivity contribution in [3.63, 3.8) is 0 Å². The van der Waals surface area contributed by atoms with Crippen molar-refractivity contribution in [3.05, 3.63) is 76.2 Å². The van der Waals surface area contributed by atoms with E-state index in [0.717, 1.165) is 54.0 Å². The Balaban J connectivity index is 1.37. The van der Waals surface area contributed by atoms with Crippen LogP contribution in [0.15, 0.2) is 53.6 Å². The van der Waals surface area contributed by atoms with E-state index in [1.165, 1.54) is 0 Å². The molecule has 0 atom stereocenters. The van der Waals surface area contributed by atoms with Gasteiger partial charge in [0.1, 0.15) is 5.65 Å². The van der Waals surface area contributed by atoms with Gasteiger partial charge in [0.15, 0.2) is 0 Å². The summed E-state index contributed by atoms with van der Waals surface area (Å²) >= 11 is 0. The van der Waals surface area contributed by atoms with Crippen LogP contribution in [0.25, 0.3) is 16.7 Å². The first-order valence-corrected chi connectivity index (χ1v) is 10.8. The Bertz CT molecular complexity index is 1270. The normalized spacial score (nSPS) is 11.8. The topological polar surface area (TPSA) is 115 Å². The van der Waals surface area contributed by atoms with Crippen molar-refractivity contribution < 1.29 is 0 Å². The lowest BCUT2D eigenvalue weighted by Gasteiger charge is -2.15. The van der Waals surface area contributed by atoms with E-state index in [1.807, 2.05) is 36.5 Å². The van der Waals surface area contributed by atoms with Crippen molar-refractivity contribution in [2.24, 2.45) is 0 Å². The summed E-state index contributed by atoms with van der Waals surface area (Å²) in [4.78, 5) is 28.2. The smallest absolute Gasteiger partial charge is 0.354 e. The molecule has 0 spiro atoms. The number of hydrogen-bond acceptors (Lipinski definition) is 6. The molecule has 4 aromatic rings. The Labute approximate surface area is 186 Å². The fourth-order valence-electron chi connectivity index (χ4n) is 3.54. The first-order valence-electron chi connectivity index (χ1n) is 10.8. The summed E-state index contributed by atoms with van der Waals surface area (Å²) in [6.07, 6.45) is 5.35. The van der Waals surface area contributed by atoms with Crippen LogP contribution >= 0.6 is 0 Å². The lowest BCUT2D eigenvalue weighted by molar-refractivity contribution is 0.574. The van der Waals surface area contributed by atoms with Gasteiger partial charge in [0.2, 0.25) is 5.95 Å². The van der Waals surface area contributed by atoms with Gasteiger partial charge in [0, 0.05) is 41.1 Å². The van der Waals surface area contributed by atoms with Crippen LogP contribution in [-0.2, 0) is 18.4 Å².